The van der Waals surface area contributed by atoms with E-state index in [1.54, 1.807) is 6.08 Å². The lowest BCUT2D eigenvalue weighted by Crippen LogP contribution is -2.32. The van der Waals surface area contributed by atoms with Crippen LogP contribution < -0.4 is 10.6 Å². The number of ether oxygens (including phenoxy) is 2. The summed E-state index contributed by atoms with van der Waals surface area (Å²) in [4.78, 5) is 9.30. The first-order chi connectivity index (χ1) is 13.1. The maximum absolute atomic E-state index is 5.97. The summed E-state index contributed by atoms with van der Waals surface area (Å²) in [6.45, 7) is 9.02. The molecule has 2 aromatic heterocycles. The molecule has 1 unspecified atom stereocenters. The Balaban J connectivity index is 1.65. The minimum absolute atomic E-state index is 0.131. The normalized spacial score (nSPS) is 21.1. The second-order valence-corrected chi connectivity index (χ2v) is 7.01. The van der Waals surface area contributed by atoms with E-state index in [-0.39, 0.29) is 12.4 Å². The van der Waals surface area contributed by atoms with Crippen molar-refractivity contribution in [2.24, 2.45) is 7.05 Å². The average molecular weight is 374 g/mol. The molecule has 27 heavy (non-hydrogen) atoms. The van der Waals surface area contributed by atoms with Gasteiger partial charge in [-0.05, 0) is 45.6 Å². The van der Waals surface area contributed by atoms with Crippen LogP contribution in [-0.2, 0) is 16.5 Å². The van der Waals surface area contributed by atoms with E-state index >= 15 is 0 Å². The topological polar surface area (TPSA) is 73.2 Å². The van der Waals surface area contributed by atoms with Gasteiger partial charge in [0, 0.05) is 32.4 Å². The first kappa shape index (κ1) is 19.6. The highest BCUT2D eigenvalue weighted by Gasteiger charge is 2.24. The number of hydrogen-bond acceptors (Lipinski definition) is 6. The predicted octanol–water partition coefficient (Wildman–Crippen LogP) is 3.69. The molecule has 1 aliphatic rings. The first-order valence-corrected chi connectivity index (χ1v) is 9.82. The zero-order chi connectivity index (χ0) is 19.2. The minimum atomic E-state index is -0.131. The summed E-state index contributed by atoms with van der Waals surface area (Å²) in [6, 6.07) is 2.45. The van der Waals surface area contributed by atoms with Gasteiger partial charge in [-0.2, -0.15) is 9.97 Å². The van der Waals surface area contributed by atoms with E-state index in [2.05, 4.69) is 28.3 Å². The standard InChI is InChI=1S/C20H31N5O2/c1-5-12-21-20-23-18(17-11-13-25(4)19(17)24-20)22-15-7-9-16(10-8-15)27-14(3)26-6-2/h5,11,13-16H,1,6-10,12H2,2-4H3,(H2,21,22,23,24)/t14?,15-,16-. The van der Waals surface area contributed by atoms with E-state index < -0.39 is 0 Å². The number of anilines is 2. The molecule has 0 bridgehead atoms. The molecule has 1 aliphatic carbocycles. The summed E-state index contributed by atoms with van der Waals surface area (Å²) in [6.07, 6.45) is 8.12. The van der Waals surface area contributed by atoms with Crippen molar-refractivity contribution in [3.63, 3.8) is 0 Å². The first-order valence-electron chi connectivity index (χ1n) is 9.82. The molecule has 0 spiro atoms. The number of nitrogens with one attached hydrogen (secondary N) is 2. The molecule has 0 radical (unpaired) electrons. The Morgan fingerprint density at radius 3 is 2.81 bits per heavy atom. The number of hydrogen-bond donors (Lipinski definition) is 2. The van der Waals surface area contributed by atoms with E-state index in [9.17, 15) is 0 Å². The zero-order valence-electron chi connectivity index (χ0n) is 16.6. The Morgan fingerprint density at radius 1 is 1.33 bits per heavy atom. The summed E-state index contributed by atoms with van der Waals surface area (Å²) in [5, 5.41) is 7.88. The molecule has 148 valence electrons. The van der Waals surface area contributed by atoms with Crippen LogP contribution in [0.15, 0.2) is 24.9 Å². The molecule has 1 fully saturated rings. The van der Waals surface area contributed by atoms with Crippen molar-refractivity contribution in [2.45, 2.75) is 58.0 Å². The van der Waals surface area contributed by atoms with Crippen molar-refractivity contribution in [3.05, 3.63) is 24.9 Å². The zero-order valence-corrected chi connectivity index (χ0v) is 16.6. The summed E-state index contributed by atoms with van der Waals surface area (Å²) >= 11 is 0. The van der Waals surface area contributed by atoms with Crippen molar-refractivity contribution in [3.8, 4) is 0 Å². The van der Waals surface area contributed by atoms with Gasteiger partial charge >= 0.3 is 0 Å². The fourth-order valence-corrected chi connectivity index (χ4v) is 3.57. The molecule has 2 N–H and O–H groups in total. The third-order valence-corrected chi connectivity index (χ3v) is 4.93. The summed E-state index contributed by atoms with van der Waals surface area (Å²) in [5.41, 5.74) is 0.918. The summed E-state index contributed by atoms with van der Waals surface area (Å²) < 4.78 is 13.5. The van der Waals surface area contributed by atoms with Crippen LogP contribution in [0.1, 0.15) is 39.5 Å². The van der Waals surface area contributed by atoms with Crippen molar-refractivity contribution >= 4 is 22.8 Å². The lowest BCUT2D eigenvalue weighted by Gasteiger charge is -2.31. The van der Waals surface area contributed by atoms with Crippen LogP contribution in [0.3, 0.4) is 0 Å². The van der Waals surface area contributed by atoms with E-state index in [4.69, 9.17) is 14.5 Å². The van der Waals surface area contributed by atoms with Gasteiger partial charge in [0.15, 0.2) is 6.29 Å². The van der Waals surface area contributed by atoms with Gasteiger partial charge in [0.1, 0.15) is 11.5 Å². The highest BCUT2D eigenvalue weighted by atomic mass is 16.7. The molecule has 0 amide bonds. The molecule has 7 heteroatoms. The number of aromatic nitrogens is 3. The van der Waals surface area contributed by atoms with E-state index in [0.717, 1.165) is 42.5 Å². The number of fused-ring (bicyclic) bond motifs is 1. The Kier molecular flexibility index (Phi) is 6.68. The molecular formula is C20H31N5O2. The van der Waals surface area contributed by atoms with Gasteiger partial charge in [-0.25, -0.2) is 0 Å². The summed E-state index contributed by atoms with van der Waals surface area (Å²) in [7, 11) is 2.00. The minimum Gasteiger partial charge on any atom is -0.367 e. The lowest BCUT2D eigenvalue weighted by atomic mass is 9.93. The molecular weight excluding hydrogens is 342 g/mol. The van der Waals surface area contributed by atoms with Gasteiger partial charge < -0.3 is 24.7 Å². The third kappa shape index (κ3) is 4.99. The fraction of sp³-hybridized carbons (Fsp3) is 0.600. The Labute approximate surface area is 161 Å². The molecule has 0 aliphatic heterocycles. The van der Waals surface area contributed by atoms with Crippen LogP contribution >= 0.6 is 0 Å². The van der Waals surface area contributed by atoms with Gasteiger partial charge in [0.2, 0.25) is 5.95 Å². The maximum Gasteiger partial charge on any atom is 0.226 e. The Bertz CT molecular complexity index is 752. The highest BCUT2D eigenvalue weighted by molar-refractivity contribution is 5.88. The molecule has 1 saturated carbocycles. The monoisotopic (exact) mass is 373 g/mol. The molecule has 2 heterocycles. The molecule has 2 aromatic rings. The quantitative estimate of drug-likeness (QED) is 0.516. The number of nitrogens with zero attached hydrogens (tertiary/aromatic N) is 3. The van der Waals surface area contributed by atoms with Crippen molar-refractivity contribution < 1.29 is 9.47 Å². The lowest BCUT2D eigenvalue weighted by molar-refractivity contribution is -0.163. The second kappa shape index (κ2) is 9.19. The third-order valence-electron chi connectivity index (χ3n) is 4.93. The molecule has 0 aromatic carbocycles. The number of aryl methyl sites for hydroxylation is 1. The SMILES string of the molecule is C=CCNc1nc(N[C@H]2CC[C@H](OC(C)OCC)CC2)c2ccn(C)c2n1. The van der Waals surface area contributed by atoms with Gasteiger partial charge in [-0.15, -0.1) is 6.58 Å². The van der Waals surface area contributed by atoms with Gasteiger partial charge in [0.25, 0.3) is 0 Å². The van der Waals surface area contributed by atoms with Crippen LogP contribution in [0.5, 0.6) is 0 Å². The highest BCUT2D eigenvalue weighted by Crippen LogP contribution is 2.28. The smallest absolute Gasteiger partial charge is 0.226 e. The average Bonchev–Trinajstić information content (AvgIpc) is 3.03. The molecule has 0 saturated heterocycles. The van der Waals surface area contributed by atoms with Crippen LogP contribution in [-0.4, -0.2) is 46.1 Å². The van der Waals surface area contributed by atoms with Gasteiger partial charge in [-0.1, -0.05) is 6.08 Å². The van der Waals surface area contributed by atoms with E-state index in [0.29, 0.717) is 25.1 Å². The van der Waals surface area contributed by atoms with Crippen molar-refractivity contribution in [2.75, 3.05) is 23.8 Å². The van der Waals surface area contributed by atoms with E-state index in [1.165, 1.54) is 0 Å². The van der Waals surface area contributed by atoms with Crippen LogP contribution in [0.25, 0.3) is 11.0 Å². The van der Waals surface area contributed by atoms with Crippen molar-refractivity contribution in [1.82, 2.24) is 14.5 Å². The number of rotatable bonds is 9. The summed E-state index contributed by atoms with van der Waals surface area (Å²) in [5.74, 6) is 1.51. The fourth-order valence-electron chi connectivity index (χ4n) is 3.57. The predicted molar refractivity (Wildman–Crippen MR) is 109 cm³/mol. The van der Waals surface area contributed by atoms with Crippen LogP contribution in [0.4, 0.5) is 11.8 Å². The Morgan fingerprint density at radius 2 is 2.11 bits per heavy atom. The Hall–Kier alpha value is -2.12. The maximum atomic E-state index is 5.97. The molecule has 1 atom stereocenters. The van der Waals surface area contributed by atoms with Crippen LogP contribution in [0, 0.1) is 0 Å². The van der Waals surface area contributed by atoms with Crippen LogP contribution in [0.2, 0.25) is 0 Å². The van der Waals surface area contributed by atoms with Crippen molar-refractivity contribution in [1.29, 1.82) is 0 Å². The van der Waals surface area contributed by atoms with Gasteiger partial charge in [-0.3, -0.25) is 0 Å². The van der Waals surface area contributed by atoms with E-state index in [1.807, 2.05) is 31.7 Å². The molecule has 7 nitrogen and oxygen atoms in total. The largest absolute Gasteiger partial charge is 0.367 e. The van der Waals surface area contributed by atoms with Gasteiger partial charge in [0.05, 0.1) is 11.5 Å². The second-order valence-electron chi connectivity index (χ2n) is 7.01. The molecule has 3 rings (SSSR count).